The molecule has 0 radical (unpaired) electrons. The molecule has 1 aromatic heterocycles. The molecule has 1 heterocycles. The third-order valence-corrected chi connectivity index (χ3v) is 5.23. The smallest absolute Gasteiger partial charge is 0.432 e. The zero-order valence-corrected chi connectivity index (χ0v) is 19.4. The van der Waals surface area contributed by atoms with Gasteiger partial charge in [0.05, 0.1) is 19.6 Å². The number of aryl methyl sites for hydroxylation is 1. The van der Waals surface area contributed by atoms with Gasteiger partial charge in [-0.3, -0.25) is 4.79 Å². The minimum Gasteiger partial charge on any atom is -0.469 e. The Balaban J connectivity index is 1.87. The molecule has 0 unspecified atom stereocenters. The first-order valence-electron chi connectivity index (χ1n) is 10.8. The lowest BCUT2D eigenvalue weighted by Gasteiger charge is -2.33. The molecule has 34 heavy (non-hydrogen) atoms. The van der Waals surface area contributed by atoms with Gasteiger partial charge in [-0.05, 0) is 44.4 Å². The number of hydrogen-bond acceptors (Lipinski definition) is 6. The van der Waals surface area contributed by atoms with Gasteiger partial charge in [0.2, 0.25) is 0 Å². The van der Waals surface area contributed by atoms with Crippen LogP contribution in [0.15, 0.2) is 53.0 Å². The summed E-state index contributed by atoms with van der Waals surface area (Å²) < 4.78 is 61.8. The summed E-state index contributed by atoms with van der Waals surface area (Å²) in [5.74, 6) is -0.524. The fraction of sp³-hybridized carbons (Fsp3) is 0.440. The van der Waals surface area contributed by atoms with E-state index in [-0.39, 0.29) is 18.0 Å². The van der Waals surface area contributed by atoms with E-state index in [2.05, 4.69) is 4.74 Å². The first-order valence-corrected chi connectivity index (χ1v) is 10.8. The largest absolute Gasteiger partial charge is 0.469 e. The summed E-state index contributed by atoms with van der Waals surface area (Å²) in [6.45, 7) is 1.55. The van der Waals surface area contributed by atoms with Gasteiger partial charge in [-0.25, -0.2) is 4.79 Å². The predicted octanol–water partition coefficient (Wildman–Crippen LogP) is 5.60. The molecule has 0 spiro atoms. The van der Waals surface area contributed by atoms with Crippen LogP contribution in [0.3, 0.4) is 0 Å². The van der Waals surface area contributed by atoms with Crippen molar-refractivity contribution in [3.05, 3.63) is 65.6 Å². The molecule has 0 saturated heterocycles. The number of unbranched alkanes of at least 4 members (excludes halogenated alkanes) is 1. The number of esters is 2. The third-order valence-electron chi connectivity index (χ3n) is 5.23. The molecule has 0 aliphatic carbocycles. The number of carbonyl (C=O) groups is 2. The van der Waals surface area contributed by atoms with Gasteiger partial charge in [0.15, 0.2) is 0 Å². The molecule has 0 N–H and O–H groups in total. The van der Waals surface area contributed by atoms with Crippen LogP contribution in [0, 0.1) is 0 Å². The number of furan rings is 1. The van der Waals surface area contributed by atoms with Crippen molar-refractivity contribution >= 4 is 18.0 Å². The average Bonchev–Trinajstić information content (AvgIpc) is 3.25. The molecular formula is C25H29F3O6. The van der Waals surface area contributed by atoms with Crippen molar-refractivity contribution in [3.63, 3.8) is 0 Å². The SMILES string of the molecule is COC(=O)CCc1ccc(/C=C/CCC[C@H](C)OC(=O)[C@@](OC)(c2ccccc2)C(F)(F)F)o1. The first-order chi connectivity index (χ1) is 16.1. The van der Waals surface area contributed by atoms with Crippen molar-refractivity contribution in [3.8, 4) is 0 Å². The van der Waals surface area contributed by atoms with E-state index in [4.69, 9.17) is 13.9 Å². The number of rotatable bonds is 12. The molecule has 1 aromatic carbocycles. The number of alkyl halides is 3. The molecule has 186 valence electrons. The van der Waals surface area contributed by atoms with Gasteiger partial charge in [-0.15, -0.1) is 0 Å². The minimum atomic E-state index is -5.00. The van der Waals surface area contributed by atoms with Crippen molar-refractivity contribution in [2.45, 2.75) is 56.9 Å². The Hall–Kier alpha value is -3.07. The van der Waals surface area contributed by atoms with E-state index in [9.17, 15) is 22.8 Å². The Labute approximate surface area is 196 Å². The highest BCUT2D eigenvalue weighted by Gasteiger charge is 2.64. The highest BCUT2D eigenvalue weighted by atomic mass is 19.4. The van der Waals surface area contributed by atoms with Crippen molar-refractivity contribution in [1.29, 1.82) is 0 Å². The molecule has 9 heteroatoms. The molecule has 2 rings (SSSR count). The van der Waals surface area contributed by atoms with Gasteiger partial charge < -0.3 is 18.6 Å². The van der Waals surface area contributed by atoms with Gasteiger partial charge in [-0.1, -0.05) is 36.4 Å². The number of ether oxygens (including phenoxy) is 3. The van der Waals surface area contributed by atoms with Crippen LogP contribution in [0.2, 0.25) is 0 Å². The van der Waals surface area contributed by atoms with E-state index < -0.39 is 23.9 Å². The summed E-state index contributed by atoms with van der Waals surface area (Å²) in [7, 11) is 2.17. The molecule has 6 nitrogen and oxygen atoms in total. The normalized spacial score (nSPS) is 14.5. The number of allylic oxidation sites excluding steroid dienone is 1. The van der Waals surface area contributed by atoms with E-state index in [0.29, 0.717) is 37.2 Å². The lowest BCUT2D eigenvalue weighted by Crippen LogP contribution is -2.52. The fourth-order valence-corrected chi connectivity index (χ4v) is 3.38. The summed E-state index contributed by atoms with van der Waals surface area (Å²) in [5.41, 5.74) is -3.53. The van der Waals surface area contributed by atoms with E-state index in [1.165, 1.54) is 31.4 Å². The Kier molecular flexibility index (Phi) is 9.92. The van der Waals surface area contributed by atoms with Gasteiger partial charge in [0.1, 0.15) is 11.5 Å². The maximum atomic E-state index is 13.9. The molecular weight excluding hydrogens is 453 g/mol. The Morgan fingerprint density at radius 1 is 1.09 bits per heavy atom. The van der Waals surface area contributed by atoms with E-state index in [0.717, 1.165) is 7.11 Å². The van der Waals surface area contributed by atoms with Crippen LogP contribution < -0.4 is 0 Å². The van der Waals surface area contributed by atoms with Crippen LogP contribution in [-0.4, -0.2) is 38.4 Å². The maximum absolute atomic E-state index is 13.9. The monoisotopic (exact) mass is 482 g/mol. The van der Waals surface area contributed by atoms with Crippen molar-refractivity contribution in [2.24, 2.45) is 0 Å². The average molecular weight is 482 g/mol. The zero-order chi connectivity index (χ0) is 25.2. The maximum Gasteiger partial charge on any atom is 0.432 e. The number of methoxy groups -OCH3 is 2. The summed E-state index contributed by atoms with van der Waals surface area (Å²) in [4.78, 5) is 23.8. The Morgan fingerprint density at radius 2 is 1.79 bits per heavy atom. The summed E-state index contributed by atoms with van der Waals surface area (Å²) in [5, 5.41) is 0. The number of hydrogen-bond donors (Lipinski definition) is 0. The topological polar surface area (TPSA) is 75.0 Å². The van der Waals surface area contributed by atoms with Crippen LogP contribution >= 0.6 is 0 Å². The van der Waals surface area contributed by atoms with Crippen LogP contribution in [0.4, 0.5) is 13.2 Å². The standard InChI is InChI=1S/C25H29F3O6/c1-18(10-6-4-9-13-20-14-15-21(34-20)16-17-22(29)31-2)33-23(30)24(32-3,25(26,27)28)19-11-7-5-8-12-19/h5,7-9,11-15,18H,4,6,10,16-17H2,1-3H3/b13-9+/t18-,24-/m0/s1. The number of benzene rings is 1. The van der Waals surface area contributed by atoms with Gasteiger partial charge in [0, 0.05) is 19.1 Å². The molecule has 0 bridgehead atoms. The zero-order valence-electron chi connectivity index (χ0n) is 19.4. The molecule has 0 aliphatic rings. The second-order valence-electron chi connectivity index (χ2n) is 7.68. The van der Waals surface area contributed by atoms with Crippen molar-refractivity contribution in [1.82, 2.24) is 0 Å². The van der Waals surface area contributed by atoms with Crippen LogP contribution in [0.25, 0.3) is 6.08 Å². The second-order valence-corrected chi connectivity index (χ2v) is 7.68. The Bertz CT molecular complexity index is 951. The quantitative estimate of drug-likeness (QED) is 0.289. The summed E-state index contributed by atoms with van der Waals surface area (Å²) >= 11 is 0. The third kappa shape index (κ3) is 6.96. The lowest BCUT2D eigenvalue weighted by molar-refractivity contribution is -0.278. The molecule has 0 aliphatic heterocycles. The molecule has 0 fully saturated rings. The van der Waals surface area contributed by atoms with E-state index in [1.807, 2.05) is 6.08 Å². The van der Waals surface area contributed by atoms with Crippen LogP contribution in [-0.2, 0) is 35.8 Å². The van der Waals surface area contributed by atoms with Gasteiger partial charge >= 0.3 is 18.1 Å². The minimum absolute atomic E-state index is 0.229. The molecule has 2 aromatic rings. The van der Waals surface area contributed by atoms with Crippen molar-refractivity contribution in [2.75, 3.05) is 14.2 Å². The summed E-state index contributed by atoms with van der Waals surface area (Å²) in [6.07, 6.45) is 0.109. The first kappa shape index (κ1) is 27.2. The highest BCUT2D eigenvalue weighted by Crippen LogP contribution is 2.43. The molecule has 0 saturated carbocycles. The number of halogens is 3. The van der Waals surface area contributed by atoms with E-state index >= 15 is 0 Å². The van der Waals surface area contributed by atoms with Crippen molar-refractivity contribution < 1.29 is 41.4 Å². The van der Waals surface area contributed by atoms with Crippen LogP contribution in [0.5, 0.6) is 0 Å². The summed E-state index contributed by atoms with van der Waals surface area (Å²) in [6, 6.07) is 10.3. The second kappa shape index (κ2) is 12.4. The predicted molar refractivity (Wildman–Crippen MR) is 119 cm³/mol. The van der Waals surface area contributed by atoms with Gasteiger partial charge in [0.25, 0.3) is 5.60 Å². The van der Waals surface area contributed by atoms with E-state index in [1.54, 1.807) is 31.2 Å². The van der Waals surface area contributed by atoms with Gasteiger partial charge in [-0.2, -0.15) is 13.2 Å². The molecule has 0 amide bonds. The Morgan fingerprint density at radius 3 is 2.41 bits per heavy atom. The molecule has 2 atom stereocenters. The highest BCUT2D eigenvalue weighted by molar-refractivity contribution is 5.82. The lowest BCUT2D eigenvalue weighted by atomic mass is 9.92. The van der Waals surface area contributed by atoms with Crippen LogP contribution in [0.1, 0.15) is 49.7 Å². The number of carbonyl (C=O) groups excluding carboxylic acids is 2. The fourth-order valence-electron chi connectivity index (χ4n) is 3.38.